The lowest BCUT2D eigenvalue weighted by Gasteiger charge is -2.16. The van der Waals surface area contributed by atoms with E-state index in [1.165, 1.54) is 11.3 Å². The van der Waals surface area contributed by atoms with Crippen LogP contribution in [0.1, 0.15) is 30.6 Å². The number of nitrogens with one attached hydrogen (secondary N) is 1. The Balaban J connectivity index is 2.14. The molecule has 0 saturated carbocycles. The van der Waals surface area contributed by atoms with E-state index in [2.05, 4.69) is 39.4 Å². The van der Waals surface area contributed by atoms with Crippen molar-refractivity contribution in [3.05, 3.63) is 34.3 Å². The Hall–Kier alpha value is -1.20. The Morgan fingerprint density at radius 1 is 1.53 bits per heavy atom. The molecule has 0 saturated heterocycles. The van der Waals surface area contributed by atoms with Gasteiger partial charge in [-0.3, -0.25) is 0 Å². The maximum Gasteiger partial charge on any atom is 0.0759 e. The summed E-state index contributed by atoms with van der Waals surface area (Å²) in [4.78, 5) is 0. The Kier molecular flexibility index (Phi) is 4.28. The van der Waals surface area contributed by atoms with E-state index in [-0.39, 0.29) is 6.04 Å². The first-order valence-corrected chi connectivity index (χ1v) is 6.86. The van der Waals surface area contributed by atoms with Crippen LogP contribution in [0.3, 0.4) is 0 Å². The molecule has 2 rings (SSSR count). The average Bonchev–Trinajstić information content (AvgIpc) is 2.97. The first-order chi connectivity index (χ1) is 8.35. The molecule has 0 bridgehead atoms. The van der Waals surface area contributed by atoms with Crippen molar-refractivity contribution in [3.8, 4) is 0 Å². The fourth-order valence-electron chi connectivity index (χ4n) is 1.92. The molecule has 4 nitrogen and oxygen atoms in total. The molecule has 0 aromatic carbocycles. The molecule has 0 amide bonds. The Labute approximate surface area is 106 Å². The highest BCUT2D eigenvalue weighted by molar-refractivity contribution is 7.07. The molecule has 0 radical (unpaired) electrons. The van der Waals surface area contributed by atoms with E-state index in [9.17, 15) is 0 Å². The van der Waals surface area contributed by atoms with E-state index in [0.717, 1.165) is 19.4 Å². The molecule has 0 aliphatic rings. The lowest BCUT2D eigenvalue weighted by Crippen LogP contribution is -2.22. The molecule has 2 aromatic rings. The molecule has 1 unspecified atom stereocenters. The van der Waals surface area contributed by atoms with Crippen LogP contribution in [0.15, 0.2) is 23.0 Å². The first kappa shape index (κ1) is 12.3. The Morgan fingerprint density at radius 2 is 2.41 bits per heavy atom. The maximum atomic E-state index is 4.13. The summed E-state index contributed by atoms with van der Waals surface area (Å²) in [6.45, 7) is 3.08. The smallest absolute Gasteiger partial charge is 0.0759 e. The third-order valence-electron chi connectivity index (χ3n) is 2.81. The van der Waals surface area contributed by atoms with Crippen LogP contribution in [0.2, 0.25) is 0 Å². The molecule has 1 atom stereocenters. The van der Waals surface area contributed by atoms with Gasteiger partial charge in [-0.1, -0.05) is 12.1 Å². The zero-order valence-corrected chi connectivity index (χ0v) is 11.1. The molecule has 0 aliphatic carbocycles. The van der Waals surface area contributed by atoms with Gasteiger partial charge in [-0.2, -0.15) is 11.3 Å². The summed E-state index contributed by atoms with van der Waals surface area (Å²) in [6, 6.07) is 2.45. The van der Waals surface area contributed by atoms with Crippen LogP contribution in [0.25, 0.3) is 0 Å². The molecule has 2 heterocycles. The maximum absolute atomic E-state index is 4.13. The van der Waals surface area contributed by atoms with Crippen LogP contribution < -0.4 is 5.32 Å². The average molecular weight is 250 g/mol. The van der Waals surface area contributed by atoms with E-state index in [1.807, 2.05) is 17.9 Å². The first-order valence-electron chi connectivity index (χ1n) is 5.92. The van der Waals surface area contributed by atoms with Crippen molar-refractivity contribution in [1.29, 1.82) is 0 Å². The number of thiophene rings is 1. The number of likely N-dealkylation sites (N-methyl/N-ethyl adjacent to an activating group) is 1. The van der Waals surface area contributed by atoms with Crippen LogP contribution >= 0.6 is 11.3 Å². The summed E-state index contributed by atoms with van der Waals surface area (Å²) in [6.07, 6.45) is 3.92. The van der Waals surface area contributed by atoms with Gasteiger partial charge in [0.05, 0.1) is 17.9 Å². The van der Waals surface area contributed by atoms with Gasteiger partial charge in [0.25, 0.3) is 0 Å². The van der Waals surface area contributed by atoms with Gasteiger partial charge >= 0.3 is 0 Å². The molecule has 0 spiro atoms. The highest BCUT2D eigenvalue weighted by atomic mass is 32.1. The molecule has 92 valence electrons. The van der Waals surface area contributed by atoms with Gasteiger partial charge in [-0.25, -0.2) is 4.68 Å². The van der Waals surface area contributed by atoms with Crippen LogP contribution in [0.4, 0.5) is 0 Å². The molecule has 5 heteroatoms. The standard InChI is InChI=1S/C12H18N4S/c1-3-5-16-12(8-14-15-16)11(13-2)7-10-4-6-17-9-10/h4,6,8-9,11,13H,3,5,7H2,1-2H3. The van der Waals surface area contributed by atoms with Crippen LogP contribution in [0.5, 0.6) is 0 Å². The molecular formula is C12H18N4S. The van der Waals surface area contributed by atoms with E-state index in [0.29, 0.717) is 0 Å². The van der Waals surface area contributed by atoms with Gasteiger partial charge in [-0.15, -0.1) is 5.10 Å². The SMILES string of the molecule is CCCn1nncc1C(Cc1ccsc1)NC. The lowest BCUT2D eigenvalue weighted by molar-refractivity contribution is 0.491. The second-order valence-electron chi connectivity index (χ2n) is 4.06. The zero-order chi connectivity index (χ0) is 12.1. The molecule has 17 heavy (non-hydrogen) atoms. The summed E-state index contributed by atoms with van der Waals surface area (Å²) in [5.41, 5.74) is 2.53. The van der Waals surface area contributed by atoms with Crippen molar-refractivity contribution in [1.82, 2.24) is 20.3 Å². The van der Waals surface area contributed by atoms with Gasteiger partial charge in [0.2, 0.25) is 0 Å². The van der Waals surface area contributed by atoms with Crippen molar-refractivity contribution in [2.75, 3.05) is 7.05 Å². The molecule has 2 aromatic heterocycles. The summed E-state index contributed by atoms with van der Waals surface area (Å²) in [5.74, 6) is 0. The molecule has 0 fully saturated rings. The molecule has 0 aliphatic heterocycles. The zero-order valence-electron chi connectivity index (χ0n) is 10.3. The van der Waals surface area contributed by atoms with E-state index in [4.69, 9.17) is 0 Å². The van der Waals surface area contributed by atoms with E-state index >= 15 is 0 Å². The highest BCUT2D eigenvalue weighted by Gasteiger charge is 2.15. The third kappa shape index (κ3) is 2.92. The Bertz CT molecular complexity index is 435. The second-order valence-corrected chi connectivity index (χ2v) is 4.84. The van der Waals surface area contributed by atoms with E-state index < -0.39 is 0 Å². The summed E-state index contributed by atoms with van der Waals surface area (Å²) >= 11 is 1.74. The predicted molar refractivity (Wildman–Crippen MR) is 70.1 cm³/mol. The van der Waals surface area contributed by atoms with Crippen molar-refractivity contribution < 1.29 is 0 Å². The van der Waals surface area contributed by atoms with Crippen molar-refractivity contribution in [2.45, 2.75) is 32.4 Å². The fourth-order valence-corrected chi connectivity index (χ4v) is 2.60. The van der Waals surface area contributed by atoms with Gasteiger partial charge in [0.15, 0.2) is 0 Å². The number of hydrogen-bond acceptors (Lipinski definition) is 4. The van der Waals surface area contributed by atoms with Crippen LogP contribution in [0, 0.1) is 0 Å². The van der Waals surface area contributed by atoms with Gasteiger partial charge in [0, 0.05) is 6.54 Å². The normalized spacial score (nSPS) is 12.8. The topological polar surface area (TPSA) is 42.7 Å². The minimum Gasteiger partial charge on any atom is -0.311 e. The number of hydrogen-bond donors (Lipinski definition) is 1. The molecule has 1 N–H and O–H groups in total. The van der Waals surface area contributed by atoms with Crippen LogP contribution in [-0.2, 0) is 13.0 Å². The molecular weight excluding hydrogens is 232 g/mol. The fraction of sp³-hybridized carbons (Fsp3) is 0.500. The van der Waals surface area contributed by atoms with E-state index in [1.54, 1.807) is 11.3 Å². The number of aromatic nitrogens is 3. The second kappa shape index (κ2) is 5.93. The lowest BCUT2D eigenvalue weighted by atomic mass is 10.1. The van der Waals surface area contributed by atoms with Crippen LogP contribution in [-0.4, -0.2) is 22.0 Å². The summed E-state index contributed by atoms with van der Waals surface area (Å²) in [7, 11) is 1.99. The predicted octanol–water partition coefficient (Wildman–Crippen LogP) is 2.25. The van der Waals surface area contributed by atoms with Gasteiger partial charge in [-0.05, 0) is 42.3 Å². The highest BCUT2D eigenvalue weighted by Crippen LogP contribution is 2.19. The number of nitrogens with zero attached hydrogens (tertiary/aromatic N) is 3. The number of aryl methyl sites for hydroxylation is 1. The quantitative estimate of drug-likeness (QED) is 0.855. The largest absolute Gasteiger partial charge is 0.311 e. The summed E-state index contributed by atoms with van der Waals surface area (Å²) < 4.78 is 1.99. The van der Waals surface area contributed by atoms with Gasteiger partial charge < -0.3 is 5.32 Å². The number of rotatable bonds is 6. The van der Waals surface area contributed by atoms with Gasteiger partial charge in [0.1, 0.15) is 0 Å². The van der Waals surface area contributed by atoms with Crippen molar-refractivity contribution in [3.63, 3.8) is 0 Å². The minimum absolute atomic E-state index is 0.283. The Morgan fingerprint density at radius 3 is 3.06 bits per heavy atom. The summed E-state index contributed by atoms with van der Waals surface area (Å²) in [5, 5.41) is 15.8. The third-order valence-corrected chi connectivity index (χ3v) is 3.54. The monoisotopic (exact) mass is 250 g/mol. The minimum atomic E-state index is 0.283. The van der Waals surface area contributed by atoms with Crippen molar-refractivity contribution in [2.24, 2.45) is 0 Å². The van der Waals surface area contributed by atoms with Crippen molar-refractivity contribution >= 4 is 11.3 Å².